The topological polar surface area (TPSA) is 66.7 Å². The fourth-order valence-electron chi connectivity index (χ4n) is 3.62. The summed E-state index contributed by atoms with van der Waals surface area (Å²) >= 11 is 0. The van der Waals surface area contributed by atoms with Gasteiger partial charge in [-0.15, -0.1) is 0 Å². The largest absolute Gasteiger partial charge is 0.339 e. The molecule has 1 aliphatic rings. The summed E-state index contributed by atoms with van der Waals surface area (Å²) in [7, 11) is 0. The van der Waals surface area contributed by atoms with Gasteiger partial charge in [-0.05, 0) is 31.1 Å². The van der Waals surface area contributed by atoms with Gasteiger partial charge in [0.1, 0.15) is 17.2 Å². The van der Waals surface area contributed by atoms with Crippen LogP contribution in [0.2, 0.25) is 0 Å². The van der Waals surface area contributed by atoms with Crippen molar-refractivity contribution < 1.29 is 9.59 Å². The lowest BCUT2D eigenvalue weighted by Gasteiger charge is -2.30. The molecule has 0 radical (unpaired) electrons. The Morgan fingerprint density at radius 1 is 1.07 bits per heavy atom. The number of hydrogen-bond donors (Lipinski definition) is 1. The second-order valence-electron chi connectivity index (χ2n) is 6.90. The summed E-state index contributed by atoms with van der Waals surface area (Å²) in [4.78, 5) is 31.2. The number of anilines is 1. The average molecular weight is 374 g/mol. The summed E-state index contributed by atoms with van der Waals surface area (Å²) in [6, 6.07) is 15.6. The number of rotatable bonds is 4. The summed E-state index contributed by atoms with van der Waals surface area (Å²) in [5.41, 5.74) is 2.48. The van der Waals surface area contributed by atoms with Crippen LogP contribution in [-0.2, 0) is 9.59 Å². The van der Waals surface area contributed by atoms with Crippen LogP contribution in [0.3, 0.4) is 0 Å². The first-order valence-electron chi connectivity index (χ1n) is 9.42. The molecule has 4 rings (SSSR count). The lowest BCUT2D eigenvalue weighted by Crippen LogP contribution is -2.40. The normalized spacial score (nSPS) is 14.8. The van der Waals surface area contributed by atoms with Gasteiger partial charge in [-0.3, -0.25) is 14.0 Å². The summed E-state index contributed by atoms with van der Waals surface area (Å²) < 4.78 is 1.90. The third-order valence-electron chi connectivity index (χ3n) is 5.17. The van der Waals surface area contributed by atoms with Gasteiger partial charge in [-0.1, -0.05) is 43.0 Å². The quantitative estimate of drug-likeness (QED) is 0.712. The molecule has 0 aliphatic carbocycles. The van der Waals surface area contributed by atoms with Crippen molar-refractivity contribution in [3.63, 3.8) is 0 Å². The second-order valence-corrected chi connectivity index (χ2v) is 6.90. The molecule has 28 heavy (non-hydrogen) atoms. The Bertz CT molecular complexity index is 1020. The molecule has 142 valence electrons. The van der Waals surface area contributed by atoms with Gasteiger partial charge in [0.2, 0.25) is 11.8 Å². The maximum absolute atomic E-state index is 13.0. The summed E-state index contributed by atoms with van der Waals surface area (Å²) in [6.45, 7) is 4.67. The van der Waals surface area contributed by atoms with Crippen molar-refractivity contribution in [2.45, 2.75) is 12.8 Å². The summed E-state index contributed by atoms with van der Waals surface area (Å²) in [5.74, 6) is 0.434. The molecule has 6 nitrogen and oxygen atoms in total. The van der Waals surface area contributed by atoms with E-state index < -0.39 is 0 Å². The molecule has 3 aromatic rings. The van der Waals surface area contributed by atoms with Crippen molar-refractivity contribution in [1.82, 2.24) is 14.3 Å². The molecule has 0 saturated carbocycles. The summed E-state index contributed by atoms with van der Waals surface area (Å²) in [5, 5.41) is 3.10. The third-order valence-corrected chi connectivity index (χ3v) is 5.17. The molecule has 0 bridgehead atoms. The highest BCUT2D eigenvalue weighted by Crippen LogP contribution is 2.29. The van der Waals surface area contributed by atoms with E-state index in [1.165, 1.54) is 6.08 Å². The highest BCUT2D eigenvalue weighted by Gasteiger charge is 2.28. The molecule has 2 aromatic heterocycles. The summed E-state index contributed by atoms with van der Waals surface area (Å²) in [6.07, 6.45) is 4.51. The monoisotopic (exact) mass is 374 g/mol. The van der Waals surface area contributed by atoms with Crippen LogP contribution in [0, 0.1) is 5.92 Å². The number of piperidine rings is 1. The standard InChI is InChI=1S/C22H22N4O2/c1-2-19(27)25-14-11-17(12-15-25)22(28)24-21-20(16-8-4-3-5-9-16)23-18-10-6-7-13-26(18)21/h2-10,13,17H,1,11-12,14-15H2,(H,24,28). The van der Waals surface area contributed by atoms with E-state index in [4.69, 9.17) is 4.98 Å². The number of carbonyl (C=O) groups is 2. The zero-order chi connectivity index (χ0) is 19.5. The van der Waals surface area contributed by atoms with Crippen molar-refractivity contribution in [2.75, 3.05) is 18.4 Å². The van der Waals surface area contributed by atoms with Crippen LogP contribution in [0.1, 0.15) is 12.8 Å². The highest BCUT2D eigenvalue weighted by molar-refractivity contribution is 5.96. The van der Waals surface area contributed by atoms with E-state index in [0.717, 1.165) is 16.9 Å². The fourth-order valence-corrected chi connectivity index (χ4v) is 3.62. The van der Waals surface area contributed by atoms with Gasteiger partial charge in [-0.2, -0.15) is 0 Å². The molecule has 3 heterocycles. The van der Waals surface area contributed by atoms with E-state index in [-0.39, 0.29) is 17.7 Å². The fraction of sp³-hybridized carbons (Fsp3) is 0.227. The van der Waals surface area contributed by atoms with E-state index in [1.807, 2.05) is 59.1 Å². The molecule has 1 fully saturated rings. The number of hydrogen-bond acceptors (Lipinski definition) is 3. The van der Waals surface area contributed by atoms with Crippen LogP contribution in [-0.4, -0.2) is 39.2 Å². The first-order valence-corrected chi connectivity index (χ1v) is 9.42. The van der Waals surface area contributed by atoms with Gasteiger partial charge in [0.05, 0.1) is 0 Å². The molecule has 1 saturated heterocycles. The zero-order valence-electron chi connectivity index (χ0n) is 15.5. The van der Waals surface area contributed by atoms with E-state index in [1.54, 1.807) is 4.90 Å². The number of amides is 2. The van der Waals surface area contributed by atoms with Crippen molar-refractivity contribution in [3.05, 3.63) is 67.4 Å². The Hall–Kier alpha value is -3.41. The van der Waals surface area contributed by atoms with Crippen molar-refractivity contribution >= 4 is 23.3 Å². The minimum atomic E-state index is -0.133. The first kappa shape index (κ1) is 18.0. The first-order chi connectivity index (χ1) is 13.7. The number of fused-ring (bicyclic) bond motifs is 1. The number of imidazole rings is 1. The van der Waals surface area contributed by atoms with Crippen LogP contribution >= 0.6 is 0 Å². The number of likely N-dealkylation sites (tertiary alicyclic amines) is 1. The second kappa shape index (κ2) is 7.68. The smallest absolute Gasteiger partial charge is 0.245 e. The molecule has 1 aromatic carbocycles. The lowest BCUT2D eigenvalue weighted by atomic mass is 9.95. The Morgan fingerprint density at radius 2 is 1.79 bits per heavy atom. The van der Waals surface area contributed by atoms with Crippen molar-refractivity contribution in [3.8, 4) is 11.3 Å². The molecule has 0 unspecified atom stereocenters. The third kappa shape index (κ3) is 3.41. The molecule has 0 spiro atoms. The van der Waals surface area contributed by atoms with Crippen LogP contribution in [0.4, 0.5) is 5.82 Å². The van der Waals surface area contributed by atoms with Gasteiger partial charge < -0.3 is 10.2 Å². The molecule has 1 N–H and O–H groups in total. The van der Waals surface area contributed by atoms with E-state index >= 15 is 0 Å². The lowest BCUT2D eigenvalue weighted by molar-refractivity contribution is -0.130. The van der Waals surface area contributed by atoms with Gasteiger partial charge in [0.15, 0.2) is 0 Å². The number of nitrogens with one attached hydrogen (secondary N) is 1. The maximum Gasteiger partial charge on any atom is 0.245 e. The van der Waals surface area contributed by atoms with Crippen LogP contribution in [0.25, 0.3) is 16.9 Å². The predicted octanol–water partition coefficient (Wildman–Crippen LogP) is 3.36. The van der Waals surface area contributed by atoms with Gasteiger partial charge in [0, 0.05) is 30.8 Å². The minimum absolute atomic E-state index is 0.0338. The SMILES string of the molecule is C=CC(=O)N1CCC(C(=O)Nc2c(-c3ccccc3)nc3ccccn23)CC1. The molecule has 6 heteroatoms. The molecular formula is C22H22N4O2. The Labute approximate surface area is 163 Å². The molecule has 2 amide bonds. The average Bonchev–Trinajstić information content (AvgIpc) is 3.12. The molecule has 1 aliphatic heterocycles. The minimum Gasteiger partial charge on any atom is -0.339 e. The van der Waals surface area contributed by atoms with Crippen LogP contribution in [0.15, 0.2) is 67.4 Å². The van der Waals surface area contributed by atoms with E-state index in [9.17, 15) is 9.59 Å². The highest BCUT2D eigenvalue weighted by atomic mass is 16.2. The zero-order valence-corrected chi connectivity index (χ0v) is 15.5. The van der Waals surface area contributed by atoms with E-state index in [0.29, 0.717) is 31.7 Å². The number of benzene rings is 1. The van der Waals surface area contributed by atoms with Crippen LogP contribution in [0.5, 0.6) is 0 Å². The number of aromatic nitrogens is 2. The Morgan fingerprint density at radius 3 is 2.50 bits per heavy atom. The number of carbonyl (C=O) groups excluding carboxylic acids is 2. The molecular weight excluding hydrogens is 352 g/mol. The number of pyridine rings is 1. The Balaban J connectivity index is 1.59. The molecule has 0 atom stereocenters. The van der Waals surface area contributed by atoms with Crippen LogP contribution < -0.4 is 5.32 Å². The number of nitrogens with zero attached hydrogens (tertiary/aromatic N) is 3. The van der Waals surface area contributed by atoms with Crippen molar-refractivity contribution in [2.24, 2.45) is 5.92 Å². The predicted molar refractivity (Wildman–Crippen MR) is 109 cm³/mol. The van der Waals surface area contributed by atoms with Gasteiger partial charge >= 0.3 is 0 Å². The van der Waals surface area contributed by atoms with Crippen molar-refractivity contribution in [1.29, 1.82) is 0 Å². The van der Waals surface area contributed by atoms with Gasteiger partial charge in [-0.25, -0.2) is 4.98 Å². The maximum atomic E-state index is 13.0. The van der Waals surface area contributed by atoms with E-state index in [2.05, 4.69) is 11.9 Å². The Kier molecular flexibility index (Phi) is 4.93. The van der Waals surface area contributed by atoms with Gasteiger partial charge in [0.25, 0.3) is 0 Å².